The van der Waals surface area contributed by atoms with Crippen molar-refractivity contribution in [2.45, 2.75) is 50.5 Å². The fraction of sp³-hybridized carbons (Fsp3) is 0.571. The number of hydrogen-bond donors (Lipinski definition) is 1. The molecule has 1 aromatic carbocycles. The van der Waals surface area contributed by atoms with E-state index in [0.29, 0.717) is 24.9 Å². The SMILES string of the molecule is COc1ccc(S(=O)(=O)N2CCOCC2)cc1C(=O)NC(C)(C)c1noc(C(C)(C)C)n1. The van der Waals surface area contributed by atoms with E-state index in [1.807, 2.05) is 20.8 Å². The first-order valence-electron chi connectivity index (χ1n) is 10.3. The molecule has 1 aliphatic rings. The van der Waals surface area contributed by atoms with E-state index in [1.165, 1.54) is 29.6 Å². The maximum atomic E-state index is 13.2. The van der Waals surface area contributed by atoms with Gasteiger partial charge in [-0.05, 0) is 32.0 Å². The molecule has 0 atom stereocenters. The van der Waals surface area contributed by atoms with E-state index in [2.05, 4.69) is 15.5 Å². The van der Waals surface area contributed by atoms with Crippen molar-refractivity contribution < 1.29 is 27.2 Å². The molecule has 32 heavy (non-hydrogen) atoms. The molecule has 3 rings (SSSR count). The summed E-state index contributed by atoms with van der Waals surface area (Å²) in [6.07, 6.45) is 0. The number of nitrogens with zero attached hydrogens (tertiary/aromatic N) is 3. The van der Waals surface area contributed by atoms with Crippen LogP contribution in [0.1, 0.15) is 56.7 Å². The first-order valence-corrected chi connectivity index (χ1v) is 11.7. The number of methoxy groups -OCH3 is 1. The number of carbonyl (C=O) groups is 1. The van der Waals surface area contributed by atoms with Crippen molar-refractivity contribution in [1.29, 1.82) is 0 Å². The number of sulfonamides is 1. The Bertz CT molecular complexity index is 1080. The van der Waals surface area contributed by atoms with Crippen LogP contribution in [0.2, 0.25) is 0 Å². The van der Waals surface area contributed by atoms with E-state index in [9.17, 15) is 13.2 Å². The van der Waals surface area contributed by atoms with E-state index < -0.39 is 21.5 Å². The van der Waals surface area contributed by atoms with Gasteiger partial charge in [0, 0.05) is 18.5 Å². The second kappa shape index (κ2) is 8.80. The van der Waals surface area contributed by atoms with Crippen LogP contribution >= 0.6 is 0 Å². The molecule has 0 bridgehead atoms. The second-order valence-electron chi connectivity index (χ2n) is 9.13. The van der Waals surface area contributed by atoms with E-state index in [0.717, 1.165) is 0 Å². The van der Waals surface area contributed by atoms with Crippen LogP contribution in [0, 0.1) is 0 Å². The van der Waals surface area contributed by atoms with Gasteiger partial charge in [0.2, 0.25) is 15.9 Å². The summed E-state index contributed by atoms with van der Waals surface area (Å²) in [5.41, 5.74) is -1.22. The summed E-state index contributed by atoms with van der Waals surface area (Å²) in [6.45, 7) is 10.5. The summed E-state index contributed by atoms with van der Waals surface area (Å²) in [5.74, 6) is 0.494. The predicted octanol–water partition coefficient (Wildman–Crippen LogP) is 2.06. The quantitative estimate of drug-likeness (QED) is 0.686. The van der Waals surface area contributed by atoms with E-state index in [4.69, 9.17) is 14.0 Å². The van der Waals surface area contributed by atoms with Gasteiger partial charge in [-0.3, -0.25) is 4.79 Å². The molecule has 1 amide bonds. The van der Waals surface area contributed by atoms with Crippen molar-refractivity contribution in [2.24, 2.45) is 0 Å². The van der Waals surface area contributed by atoms with Crippen LogP contribution in [-0.2, 0) is 25.7 Å². The molecule has 176 valence electrons. The number of morpholine rings is 1. The highest BCUT2D eigenvalue weighted by molar-refractivity contribution is 7.89. The predicted molar refractivity (Wildman–Crippen MR) is 116 cm³/mol. The lowest BCUT2D eigenvalue weighted by Gasteiger charge is -2.26. The first kappa shape index (κ1) is 24.1. The number of hydrogen-bond acceptors (Lipinski definition) is 8. The van der Waals surface area contributed by atoms with Gasteiger partial charge in [0.1, 0.15) is 5.75 Å². The number of carbonyl (C=O) groups excluding carboxylic acids is 1. The standard InChI is InChI=1S/C21H30N4O6S/c1-20(2,3)19-22-18(24-31-19)21(4,5)23-17(26)15-13-14(7-8-16(15)29-6)32(27,28)25-9-11-30-12-10-25/h7-8,13H,9-12H2,1-6H3,(H,23,26). The second-order valence-corrected chi connectivity index (χ2v) is 11.1. The molecule has 1 N–H and O–H groups in total. The van der Waals surface area contributed by atoms with Crippen molar-refractivity contribution in [3.8, 4) is 5.75 Å². The van der Waals surface area contributed by atoms with E-state index in [-0.39, 0.29) is 34.7 Å². The summed E-state index contributed by atoms with van der Waals surface area (Å²) >= 11 is 0. The van der Waals surface area contributed by atoms with E-state index in [1.54, 1.807) is 13.8 Å². The zero-order valence-corrected chi connectivity index (χ0v) is 20.1. The first-order chi connectivity index (χ1) is 14.9. The molecule has 0 unspecified atom stereocenters. The van der Waals surface area contributed by atoms with Gasteiger partial charge in [-0.25, -0.2) is 8.42 Å². The maximum Gasteiger partial charge on any atom is 0.255 e. The van der Waals surface area contributed by atoms with Gasteiger partial charge < -0.3 is 19.3 Å². The Labute approximate surface area is 188 Å². The van der Waals surface area contributed by atoms with Crippen molar-refractivity contribution >= 4 is 15.9 Å². The number of amides is 1. The molecule has 0 radical (unpaired) electrons. The Morgan fingerprint density at radius 3 is 2.38 bits per heavy atom. The van der Waals surface area contributed by atoms with Crippen molar-refractivity contribution in [3.05, 3.63) is 35.5 Å². The summed E-state index contributed by atoms with van der Waals surface area (Å²) < 4.78 is 43.3. The molecular weight excluding hydrogens is 436 g/mol. The lowest BCUT2D eigenvalue weighted by molar-refractivity contribution is 0.0730. The van der Waals surface area contributed by atoms with Gasteiger partial charge in [-0.15, -0.1) is 0 Å². The largest absolute Gasteiger partial charge is 0.496 e. The zero-order chi connectivity index (χ0) is 23.7. The van der Waals surface area contributed by atoms with Gasteiger partial charge in [0.25, 0.3) is 5.91 Å². The minimum Gasteiger partial charge on any atom is -0.496 e. The molecule has 0 spiro atoms. The number of ether oxygens (including phenoxy) is 2. The Balaban J connectivity index is 1.90. The molecule has 2 heterocycles. The number of benzene rings is 1. The minimum atomic E-state index is -3.77. The fourth-order valence-corrected chi connectivity index (χ4v) is 4.58. The molecule has 1 aromatic heterocycles. The molecule has 0 saturated carbocycles. The molecule has 1 fully saturated rings. The Morgan fingerprint density at radius 2 is 1.81 bits per heavy atom. The van der Waals surface area contributed by atoms with Crippen LogP contribution in [-0.4, -0.2) is 62.2 Å². The Hall–Kier alpha value is -2.50. The lowest BCUT2D eigenvalue weighted by Crippen LogP contribution is -2.42. The lowest BCUT2D eigenvalue weighted by atomic mass is 9.96. The van der Waals surface area contributed by atoms with Gasteiger partial charge >= 0.3 is 0 Å². The average molecular weight is 467 g/mol. The topological polar surface area (TPSA) is 124 Å². The monoisotopic (exact) mass is 466 g/mol. The summed E-state index contributed by atoms with van der Waals surface area (Å²) in [7, 11) is -2.35. The van der Waals surface area contributed by atoms with Crippen molar-refractivity contribution in [3.63, 3.8) is 0 Å². The molecule has 1 aliphatic heterocycles. The van der Waals surface area contributed by atoms with Gasteiger partial charge in [0.15, 0.2) is 5.82 Å². The summed E-state index contributed by atoms with van der Waals surface area (Å²) in [4.78, 5) is 17.6. The molecule has 10 nitrogen and oxygen atoms in total. The van der Waals surface area contributed by atoms with Crippen molar-refractivity contribution in [1.82, 2.24) is 19.8 Å². The third-order valence-electron chi connectivity index (χ3n) is 5.08. The van der Waals surface area contributed by atoms with Gasteiger partial charge in [-0.1, -0.05) is 25.9 Å². The van der Waals surface area contributed by atoms with Crippen LogP contribution < -0.4 is 10.1 Å². The molecule has 2 aromatic rings. The van der Waals surface area contributed by atoms with Gasteiger partial charge in [-0.2, -0.15) is 9.29 Å². The average Bonchev–Trinajstić information content (AvgIpc) is 3.25. The minimum absolute atomic E-state index is 0.0118. The van der Waals surface area contributed by atoms with Gasteiger partial charge in [0.05, 0.1) is 36.3 Å². The Morgan fingerprint density at radius 1 is 1.16 bits per heavy atom. The highest BCUT2D eigenvalue weighted by Crippen LogP contribution is 2.28. The van der Waals surface area contributed by atoms with Crippen LogP contribution in [0.25, 0.3) is 0 Å². The molecule has 11 heteroatoms. The van der Waals surface area contributed by atoms with Crippen molar-refractivity contribution in [2.75, 3.05) is 33.4 Å². The van der Waals surface area contributed by atoms with Crippen LogP contribution in [0.4, 0.5) is 0 Å². The maximum absolute atomic E-state index is 13.2. The smallest absolute Gasteiger partial charge is 0.255 e. The number of rotatable bonds is 6. The summed E-state index contributed by atoms with van der Waals surface area (Å²) in [6, 6.07) is 4.23. The normalized spacial score (nSPS) is 16.1. The molecule has 1 saturated heterocycles. The van der Waals surface area contributed by atoms with Crippen LogP contribution in [0.5, 0.6) is 5.75 Å². The fourth-order valence-electron chi connectivity index (χ4n) is 3.15. The molecule has 0 aliphatic carbocycles. The number of nitrogens with one attached hydrogen (secondary N) is 1. The van der Waals surface area contributed by atoms with E-state index >= 15 is 0 Å². The Kier molecular flexibility index (Phi) is 6.64. The molecular formula is C21H30N4O6S. The summed E-state index contributed by atoms with van der Waals surface area (Å²) in [5, 5.41) is 6.87. The third-order valence-corrected chi connectivity index (χ3v) is 6.97. The zero-order valence-electron chi connectivity index (χ0n) is 19.3. The van der Waals surface area contributed by atoms with Crippen LogP contribution in [0.3, 0.4) is 0 Å². The van der Waals surface area contributed by atoms with Crippen LogP contribution in [0.15, 0.2) is 27.6 Å². The highest BCUT2D eigenvalue weighted by Gasteiger charge is 2.33. The number of aromatic nitrogens is 2. The third kappa shape index (κ3) is 4.94. The highest BCUT2D eigenvalue weighted by atomic mass is 32.2.